The Labute approximate surface area is 155 Å². The van der Waals surface area contributed by atoms with Gasteiger partial charge in [0.2, 0.25) is 0 Å². The van der Waals surface area contributed by atoms with Crippen molar-refractivity contribution >= 4 is 5.91 Å². The predicted octanol–water partition coefficient (Wildman–Crippen LogP) is 4.16. The van der Waals surface area contributed by atoms with E-state index in [0.717, 1.165) is 29.7 Å². The molecular formula is C21H27NO4. The molecule has 0 aliphatic heterocycles. The number of amides is 1. The van der Waals surface area contributed by atoms with Gasteiger partial charge in [0.05, 0.1) is 27.4 Å². The minimum Gasteiger partial charge on any atom is -0.497 e. The van der Waals surface area contributed by atoms with Crippen LogP contribution in [0.2, 0.25) is 0 Å². The topological polar surface area (TPSA) is 56.8 Å². The second-order valence-corrected chi connectivity index (χ2v) is 5.92. The van der Waals surface area contributed by atoms with E-state index in [-0.39, 0.29) is 11.9 Å². The van der Waals surface area contributed by atoms with Gasteiger partial charge in [0.25, 0.3) is 5.91 Å². The Morgan fingerprint density at radius 3 is 2.08 bits per heavy atom. The summed E-state index contributed by atoms with van der Waals surface area (Å²) in [5.41, 5.74) is 2.78. The molecule has 5 heteroatoms. The second kappa shape index (κ2) is 9.13. The molecule has 0 heterocycles. The zero-order chi connectivity index (χ0) is 19.1. The van der Waals surface area contributed by atoms with Gasteiger partial charge in [-0.25, -0.2) is 0 Å². The molecule has 0 saturated carbocycles. The van der Waals surface area contributed by atoms with Crippen LogP contribution in [-0.2, 0) is 6.42 Å². The fraction of sp³-hybridized carbons (Fsp3) is 0.381. The first-order valence-corrected chi connectivity index (χ1v) is 8.77. The van der Waals surface area contributed by atoms with Crippen LogP contribution >= 0.6 is 0 Å². The van der Waals surface area contributed by atoms with E-state index in [0.29, 0.717) is 17.1 Å². The average Bonchev–Trinajstić information content (AvgIpc) is 2.70. The SMILES string of the molecule is CCc1cc(OC)c(OC)cc1[C@@H](CC)NC(=O)c1ccc(OC)cc1. The van der Waals surface area contributed by atoms with Crippen LogP contribution in [0.4, 0.5) is 0 Å². The Morgan fingerprint density at radius 1 is 0.962 bits per heavy atom. The minimum atomic E-state index is -0.114. The minimum absolute atomic E-state index is 0.112. The number of benzene rings is 2. The third-order valence-corrected chi connectivity index (χ3v) is 4.47. The molecule has 0 bridgehead atoms. The number of nitrogens with one attached hydrogen (secondary N) is 1. The number of methoxy groups -OCH3 is 3. The molecular weight excluding hydrogens is 330 g/mol. The van der Waals surface area contributed by atoms with Crippen molar-refractivity contribution in [3.63, 3.8) is 0 Å². The Morgan fingerprint density at radius 2 is 1.58 bits per heavy atom. The summed E-state index contributed by atoms with van der Waals surface area (Å²) in [7, 11) is 4.84. The number of rotatable bonds is 8. The van der Waals surface area contributed by atoms with Crippen molar-refractivity contribution in [1.29, 1.82) is 0 Å². The van der Waals surface area contributed by atoms with Gasteiger partial charge in [-0.2, -0.15) is 0 Å². The van der Waals surface area contributed by atoms with E-state index in [4.69, 9.17) is 14.2 Å². The molecule has 0 spiro atoms. The van der Waals surface area contributed by atoms with Gasteiger partial charge in [-0.15, -0.1) is 0 Å². The molecule has 2 rings (SSSR count). The van der Waals surface area contributed by atoms with Crippen LogP contribution in [0.3, 0.4) is 0 Å². The highest BCUT2D eigenvalue weighted by Gasteiger charge is 2.19. The van der Waals surface area contributed by atoms with Crippen LogP contribution in [0.1, 0.15) is 47.8 Å². The van der Waals surface area contributed by atoms with Crippen LogP contribution in [0.5, 0.6) is 17.2 Å². The maximum atomic E-state index is 12.7. The summed E-state index contributed by atoms with van der Waals surface area (Å²) in [5.74, 6) is 1.97. The fourth-order valence-electron chi connectivity index (χ4n) is 2.95. The van der Waals surface area contributed by atoms with Crippen LogP contribution in [-0.4, -0.2) is 27.2 Å². The van der Waals surface area contributed by atoms with Gasteiger partial charge >= 0.3 is 0 Å². The highest BCUT2D eigenvalue weighted by Crippen LogP contribution is 2.34. The maximum absolute atomic E-state index is 12.7. The lowest BCUT2D eigenvalue weighted by Gasteiger charge is -2.22. The molecule has 2 aromatic rings. The molecule has 0 radical (unpaired) electrons. The first kappa shape index (κ1) is 19.6. The Kier molecular flexibility index (Phi) is 6.89. The largest absolute Gasteiger partial charge is 0.497 e. The van der Waals surface area contributed by atoms with Gasteiger partial charge in [0, 0.05) is 5.56 Å². The summed E-state index contributed by atoms with van der Waals surface area (Å²) in [4.78, 5) is 12.7. The van der Waals surface area contributed by atoms with Gasteiger partial charge in [0.1, 0.15) is 5.75 Å². The number of ether oxygens (including phenoxy) is 3. The monoisotopic (exact) mass is 357 g/mol. The molecule has 0 unspecified atom stereocenters. The zero-order valence-electron chi connectivity index (χ0n) is 16.1. The summed E-state index contributed by atoms with van der Waals surface area (Å²) in [5, 5.41) is 3.12. The van der Waals surface area contributed by atoms with E-state index >= 15 is 0 Å². The van der Waals surface area contributed by atoms with Crippen molar-refractivity contribution in [3.05, 3.63) is 53.1 Å². The summed E-state index contributed by atoms with van der Waals surface area (Å²) >= 11 is 0. The third kappa shape index (κ3) is 4.28. The molecule has 26 heavy (non-hydrogen) atoms. The zero-order valence-corrected chi connectivity index (χ0v) is 16.1. The van der Waals surface area contributed by atoms with Gasteiger partial charge in [-0.3, -0.25) is 4.79 Å². The van der Waals surface area contributed by atoms with Crippen molar-refractivity contribution in [3.8, 4) is 17.2 Å². The fourth-order valence-corrected chi connectivity index (χ4v) is 2.95. The molecule has 0 saturated heterocycles. The molecule has 1 amide bonds. The molecule has 5 nitrogen and oxygen atoms in total. The molecule has 0 aliphatic rings. The molecule has 1 N–H and O–H groups in total. The summed E-state index contributed by atoms with van der Waals surface area (Å²) < 4.78 is 16.0. The van der Waals surface area contributed by atoms with E-state index in [2.05, 4.69) is 19.2 Å². The van der Waals surface area contributed by atoms with E-state index in [1.165, 1.54) is 0 Å². The Bertz CT molecular complexity index is 740. The maximum Gasteiger partial charge on any atom is 0.251 e. The lowest BCUT2D eigenvalue weighted by atomic mass is 9.95. The molecule has 140 valence electrons. The Hall–Kier alpha value is -2.69. The van der Waals surface area contributed by atoms with Crippen molar-refractivity contribution < 1.29 is 19.0 Å². The van der Waals surface area contributed by atoms with Crippen LogP contribution in [0, 0.1) is 0 Å². The lowest BCUT2D eigenvalue weighted by Crippen LogP contribution is -2.28. The van der Waals surface area contributed by atoms with Gasteiger partial charge in [-0.05, 0) is 60.4 Å². The highest BCUT2D eigenvalue weighted by molar-refractivity contribution is 5.94. The van der Waals surface area contributed by atoms with Gasteiger partial charge < -0.3 is 19.5 Å². The molecule has 2 aromatic carbocycles. The van der Waals surface area contributed by atoms with Crippen LogP contribution < -0.4 is 19.5 Å². The Balaban J connectivity index is 2.30. The lowest BCUT2D eigenvalue weighted by molar-refractivity contribution is 0.0935. The number of carbonyl (C=O) groups excluding carboxylic acids is 1. The van der Waals surface area contributed by atoms with E-state index in [1.807, 2.05) is 12.1 Å². The smallest absolute Gasteiger partial charge is 0.251 e. The number of hydrogen-bond donors (Lipinski definition) is 1. The summed E-state index contributed by atoms with van der Waals surface area (Å²) in [6.45, 7) is 4.14. The summed E-state index contributed by atoms with van der Waals surface area (Å²) in [6, 6.07) is 10.9. The quantitative estimate of drug-likeness (QED) is 0.771. The normalized spacial score (nSPS) is 11.6. The van der Waals surface area contributed by atoms with Crippen molar-refractivity contribution in [2.75, 3.05) is 21.3 Å². The number of hydrogen-bond acceptors (Lipinski definition) is 4. The molecule has 0 aliphatic carbocycles. The highest BCUT2D eigenvalue weighted by atomic mass is 16.5. The first-order chi connectivity index (χ1) is 12.6. The van der Waals surface area contributed by atoms with Crippen molar-refractivity contribution in [2.45, 2.75) is 32.7 Å². The average molecular weight is 357 g/mol. The van der Waals surface area contributed by atoms with Gasteiger partial charge in [-0.1, -0.05) is 13.8 Å². The van der Waals surface area contributed by atoms with Crippen molar-refractivity contribution in [1.82, 2.24) is 5.32 Å². The van der Waals surface area contributed by atoms with Crippen LogP contribution in [0.15, 0.2) is 36.4 Å². The summed E-state index contributed by atoms with van der Waals surface area (Å²) in [6.07, 6.45) is 1.61. The van der Waals surface area contributed by atoms with Gasteiger partial charge in [0.15, 0.2) is 11.5 Å². The second-order valence-electron chi connectivity index (χ2n) is 5.92. The van der Waals surface area contributed by atoms with E-state index in [9.17, 15) is 4.79 Å². The number of carbonyl (C=O) groups is 1. The van der Waals surface area contributed by atoms with E-state index in [1.54, 1.807) is 45.6 Å². The van der Waals surface area contributed by atoms with E-state index < -0.39 is 0 Å². The van der Waals surface area contributed by atoms with Crippen molar-refractivity contribution in [2.24, 2.45) is 0 Å². The molecule has 0 aromatic heterocycles. The van der Waals surface area contributed by atoms with Crippen LogP contribution in [0.25, 0.3) is 0 Å². The third-order valence-electron chi connectivity index (χ3n) is 4.47. The standard InChI is InChI=1S/C21H27NO4/c1-6-14-12-19(25-4)20(26-5)13-17(14)18(7-2)22-21(23)15-8-10-16(24-3)11-9-15/h8-13,18H,6-7H2,1-5H3,(H,22,23)/t18-/m1/s1. The first-order valence-electron chi connectivity index (χ1n) is 8.77. The molecule has 0 fully saturated rings. The predicted molar refractivity (Wildman–Crippen MR) is 102 cm³/mol. The number of aryl methyl sites for hydroxylation is 1. The molecule has 1 atom stereocenters.